The summed E-state index contributed by atoms with van der Waals surface area (Å²) in [7, 11) is -3.71. The van der Waals surface area contributed by atoms with Crippen LogP contribution in [-0.4, -0.2) is 38.5 Å². The minimum absolute atomic E-state index is 0.0228. The van der Waals surface area contributed by atoms with Gasteiger partial charge in [-0.15, -0.1) is 0 Å². The molecule has 21 heavy (non-hydrogen) atoms. The number of halogens is 2. The summed E-state index contributed by atoms with van der Waals surface area (Å²) in [5.74, 6) is 0.279. The second-order valence-corrected chi connectivity index (χ2v) is 8.41. The van der Waals surface area contributed by atoms with Gasteiger partial charge >= 0.3 is 0 Å². The van der Waals surface area contributed by atoms with Gasteiger partial charge in [0.1, 0.15) is 4.90 Å². The number of hydrogen-bond acceptors (Lipinski definition) is 3. The van der Waals surface area contributed by atoms with E-state index in [1.165, 1.54) is 25.0 Å². The molecule has 1 saturated heterocycles. The van der Waals surface area contributed by atoms with Gasteiger partial charge in [-0.2, -0.15) is 0 Å². The predicted molar refractivity (Wildman–Crippen MR) is 84.3 cm³/mol. The van der Waals surface area contributed by atoms with Crippen LogP contribution in [-0.2, 0) is 10.0 Å². The first-order valence-electron chi connectivity index (χ1n) is 7.09. The molecule has 1 aliphatic heterocycles. The molecule has 0 aromatic heterocycles. The molecule has 1 aromatic rings. The standard InChI is InChI=1S/C14H18Cl2N2O2S/c1-9-7-18(10-5-6-10)8-13(9)17-21(19,20)14-11(15)3-2-4-12(14)16/h2-4,9-10,13,17H,5-8H2,1H3/t9-,13+/m1/s1. The van der Waals surface area contributed by atoms with Crippen LogP contribution in [0.2, 0.25) is 10.0 Å². The SMILES string of the molecule is C[C@@H]1CN(C2CC2)C[C@@H]1NS(=O)(=O)c1c(Cl)cccc1Cl. The first-order chi connectivity index (χ1) is 9.88. The Morgan fingerprint density at radius 2 is 1.81 bits per heavy atom. The summed E-state index contributed by atoms with van der Waals surface area (Å²) in [5, 5.41) is 0.305. The van der Waals surface area contributed by atoms with E-state index in [1.807, 2.05) is 0 Å². The van der Waals surface area contributed by atoms with Crippen molar-refractivity contribution in [1.29, 1.82) is 0 Å². The number of hydrogen-bond donors (Lipinski definition) is 1. The molecule has 0 unspecified atom stereocenters. The van der Waals surface area contributed by atoms with E-state index in [-0.39, 0.29) is 26.9 Å². The van der Waals surface area contributed by atoms with Crippen LogP contribution >= 0.6 is 23.2 Å². The Labute approximate surface area is 135 Å². The second kappa shape index (κ2) is 5.70. The van der Waals surface area contributed by atoms with E-state index in [1.54, 1.807) is 6.07 Å². The van der Waals surface area contributed by atoms with E-state index >= 15 is 0 Å². The lowest BCUT2D eigenvalue weighted by atomic mass is 10.1. The lowest BCUT2D eigenvalue weighted by Crippen LogP contribution is -2.40. The van der Waals surface area contributed by atoms with Gasteiger partial charge < -0.3 is 0 Å². The fourth-order valence-electron chi connectivity index (χ4n) is 2.89. The van der Waals surface area contributed by atoms with Crippen molar-refractivity contribution in [1.82, 2.24) is 9.62 Å². The topological polar surface area (TPSA) is 49.4 Å². The van der Waals surface area contributed by atoms with Crippen LogP contribution in [0.5, 0.6) is 0 Å². The summed E-state index contributed by atoms with van der Waals surface area (Å²) in [6, 6.07) is 5.26. The van der Waals surface area contributed by atoms with E-state index in [0.717, 1.165) is 13.1 Å². The Morgan fingerprint density at radius 3 is 2.38 bits per heavy atom. The predicted octanol–water partition coefficient (Wildman–Crippen LogP) is 2.75. The van der Waals surface area contributed by atoms with Gasteiger partial charge in [-0.05, 0) is 30.9 Å². The fourth-order valence-corrected chi connectivity index (χ4v) is 5.37. The first-order valence-corrected chi connectivity index (χ1v) is 9.33. The van der Waals surface area contributed by atoms with Crippen LogP contribution in [0.15, 0.2) is 23.1 Å². The maximum Gasteiger partial charge on any atom is 0.243 e. The zero-order valence-electron chi connectivity index (χ0n) is 11.7. The quantitative estimate of drug-likeness (QED) is 0.909. The normalized spacial score (nSPS) is 27.2. The maximum absolute atomic E-state index is 12.6. The molecule has 0 spiro atoms. The lowest BCUT2D eigenvalue weighted by Gasteiger charge is -2.18. The lowest BCUT2D eigenvalue weighted by molar-refractivity contribution is 0.315. The number of sulfonamides is 1. The summed E-state index contributed by atoms with van der Waals surface area (Å²) in [6.07, 6.45) is 2.45. The number of likely N-dealkylation sites (tertiary alicyclic amines) is 1. The Kier molecular flexibility index (Phi) is 4.23. The minimum Gasteiger partial charge on any atom is -0.298 e. The Bertz CT molecular complexity index is 626. The molecule has 1 aliphatic carbocycles. The highest BCUT2D eigenvalue weighted by molar-refractivity contribution is 7.89. The maximum atomic E-state index is 12.6. The summed E-state index contributed by atoms with van der Waals surface area (Å²) in [5.41, 5.74) is 0. The average Bonchev–Trinajstić information content (AvgIpc) is 3.15. The van der Waals surface area contributed by atoms with Crippen molar-refractivity contribution in [3.05, 3.63) is 28.2 Å². The van der Waals surface area contributed by atoms with Crippen molar-refractivity contribution in [2.24, 2.45) is 5.92 Å². The summed E-state index contributed by atoms with van der Waals surface area (Å²) >= 11 is 12.0. The summed E-state index contributed by atoms with van der Waals surface area (Å²) in [4.78, 5) is 2.34. The molecule has 0 bridgehead atoms. The second-order valence-electron chi connectivity index (χ2n) is 5.94. The van der Waals surface area contributed by atoms with Gasteiger partial charge in [-0.25, -0.2) is 13.1 Å². The summed E-state index contributed by atoms with van der Waals surface area (Å²) in [6.45, 7) is 3.77. The molecule has 1 heterocycles. The molecule has 0 amide bonds. The van der Waals surface area contributed by atoms with Crippen LogP contribution in [0.4, 0.5) is 0 Å². The molecule has 2 aliphatic rings. The fraction of sp³-hybridized carbons (Fsp3) is 0.571. The molecule has 116 valence electrons. The van der Waals surface area contributed by atoms with Crippen molar-refractivity contribution in [2.75, 3.05) is 13.1 Å². The molecule has 4 nitrogen and oxygen atoms in total. The van der Waals surface area contributed by atoms with Gasteiger partial charge in [0.15, 0.2) is 0 Å². The molecular weight excluding hydrogens is 331 g/mol. The Balaban J connectivity index is 1.80. The molecule has 0 radical (unpaired) electrons. The Morgan fingerprint density at radius 1 is 1.19 bits per heavy atom. The summed E-state index contributed by atoms with van der Waals surface area (Å²) < 4.78 is 27.9. The third kappa shape index (κ3) is 3.22. The Hall–Kier alpha value is -0.330. The van der Waals surface area contributed by atoms with Gasteiger partial charge in [0.25, 0.3) is 0 Å². The van der Waals surface area contributed by atoms with Crippen LogP contribution in [0.25, 0.3) is 0 Å². The van der Waals surface area contributed by atoms with E-state index < -0.39 is 10.0 Å². The monoisotopic (exact) mass is 348 g/mol. The van der Waals surface area contributed by atoms with Crippen molar-refractivity contribution >= 4 is 33.2 Å². The first kappa shape index (κ1) is 15.6. The van der Waals surface area contributed by atoms with E-state index in [2.05, 4.69) is 16.5 Å². The van der Waals surface area contributed by atoms with E-state index in [4.69, 9.17) is 23.2 Å². The smallest absolute Gasteiger partial charge is 0.243 e. The van der Waals surface area contributed by atoms with Crippen LogP contribution in [0, 0.1) is 5.92 Å². The molecule has 2 fully saturated rings. The average molecular weight is 349 g/mol. The highest BCUT2D eigenvalue weighted by Crippen LogP contribution is 2.33. The van der Waals surface area contributed by atoms with Crippen molar-refractivity contribution in [2.45, 2.75) is 36.7 Å². The van der Waals surface area contributed by atoms with Gasteiger partial charge in [0.2, 0.25) is 10.0 Å². The van der Waals surface area contributed by atoms with Crippen LogP contribution < -0.4 is 4.72 Å². The number of nitrogens with zero attached hydrogens (tertiary/aromatic N) is 1. The largest absolute Gasteiger partial charge is 0.298 e. The molecule has 1 aromatic carbocycles. The van der Waals surface area contributed by atoms with Crippen LogP contribution in [0.3, 0.4) is 0 Å². The molecule has 3 rings (SSSR count). The number of benzene rings is 1. The minimum atomic E-state index is -3.71. The molecule has 1 saturated carbocycles. The molecule has 2 atom stereocenters. The van der Waals surface area contributed by atoms with Crippen molar-refractivity contribution in [3.8, 4) is 0 Å². The zero-order chi connectivity index (χ0) is 15.2. The highest BCUT2D eigenvalue weighted by Gasteiger charge is 2.40. The van der Waals surface area contributed by atoms with Gasteiger partial charge in [0.05, 0.1) is 10.0 Å². The third-order valence-corrected chi connectivity index (χ3v) is 6.64. The third-order valence-electron chi connectivity index (χ3n) is 4.20. The zero-order valence-corrected chi connectivity index (χ0v) is 14.0. The van der Waals surface area contributed by atoms with Crippen LogP contribution in [0.1, 0.15) is 19.8 Å². The number of rotatable bonds is 4. The highest BCUT2D eigenvalue weighted by atomic mass is 35.5. The number of nitrogens with one attached hydrogen (secondary N) is 1. The van der Waals surface area contributed by atoms with E-state index in [0.29, 0.717) is 6.04 Å². The van der Waals surface area contributed by atoms with Gasteiger partial charge in [-0.1, -0.05) is 36.2 Å². The molecular formula is C14H18Cl2N2O2S. The van der Waals surface area contributed by atoms with Crippen molar-refractivity contribution < 1.29 is 8.42 Å². The molecule has 1 N–H and O–H groups in total. The van der Waals surface area contributed by atoms with Gasteiger partial charge in [-0.3, -0.25) is 4.90 Å². The van der Waals surface area contributed by atoms with E-state index in [9.17, 15) is 8.42 Å². The van der Waals surface area contributed by atoms with Gasteiger partial charge in [0, 0.05) is 25.2 Å². The van der Waals surface area contributed by atoms with Crippen molar-refractivity contribution in [3.63, 3.8) is 0 Å². The molecule has 7 heteroatoms.